The van der Waals surface area contributed by atoms with Gasteiger partial charge in [-0.2, -0.15) is 0 Å². The van der Waals surface area contributed by atoms with E-state index in [1.54, 1.807) is 7.11 Å². The van der Waals surface area contributed by atoms with Gasteiger partial charge in [0, 0.05) is 17.9 Å². The van der Waals surface area contributed by atoms with Gasteiger partial charge in [0.1, 0.15) is 17.6 Å². The van der Waals surface area contributed by atoms with E-state index in [0.717, 1.165) is 49.2 Å². The van der Waals surface area contributed by atoms with Crippen LogP contribution in [0.25, 0.3) is 0 Å². The molecule has 0 radical (unpaired) electrons. The van der Waals surface area contributed by atoms with Gasteiger partial charge < -0.3 is 14.8 Å². The number of carbonyl (C=O) groups is 1. The lowest BCUT2D eigenvalue weighted by Gasteiger charge is -2.17. The molecule has 2 atom stereocenters. The Labute approximate surface area is 133 Å². The maximum atomic E-state index is 12.2. The molecule has 122 valence electrons. The van der Waals surface area contributed by atoms with Gasteiger partial charge >= 0.3 is 0 Å². The Morgan fingerprint density at radius 2 is 2.27 bits per heavy atom. The average molecular weight is 305 g/mol. The summed E-state index contributed by atoms with van der Waals surface area (Å²) in [6, 6.07) is 5.84. The number of benzene rings is 1. The van der Waals surface area contributed by atoms with Crippen molar-refractivity contribution in [2.75, 3.05) is 13.7 Å². The quantitative estimate of drug-likeness (QED) is 0.801. The van der Waals surface area contributed by atoms with Crippen LogP contribution in [0.1, 0.15) is 45.1 Å². The minimum Gasteiger partial charge on any atom is -0.497 e. The predicted molar refractivity (Wildman–Crippen MR) is 87.4 cm³/mol. The molecule has 0 spiro atoms. The van der Waals surface area contributed by atoms with Crippen LogP contribution >= 0.6 is 0 Å². The standard InChI is InChI=1S/C18H27NO3/c1-4-6-7-13(5-2)18(20)19-12-16-11-14-10-15(21-3)8-9-17(14)22-16/h8-10,13,16H,4-7,11-12H2,1-3H3,(H,19,20)/t13-,16+/m1/s1. The zero-order chi connectivity index (χ0) is 15.9. The summed E-state index contributed by atoms with van der Waals surface area (Å²) < 4.78 is 11.1. The number of nitrogens with one attached hydrogen (secondary N) is 1. The first kappa shape index (κ1) is 16.7. The van der Waals surface area contributed by atoms with Gasteiger partial charge in [0.25, 0.3) is 0 Å². The number of hydrogen-bond acceptors (Lipinski definition) is 3. The van der Waals surface area contributed by atoms with Gasteiger partial charge in [-0.05, 0) is 31.0 Å². The van der Waals surface area contributed by atoms with Crippen LogP contribution in [0.15, 0.2) is 18.2 Å². The van der Waals surface area contributed by atoms with Crippen LogP contribution in [0, 0.1) is 5.92 Å². The van der Waals surface area contributed by atoms with Crippen LogP contribution in [-0.4, -0.2) is 25.7 Å². The Hall–Kier alpha value is -1.71. The van der Waals surface area contributed by atoms with Gasteiger partial charge in [0.15, 0.2) is 0 Å². The summed E-state index contributed by atoms with van der Waals surface area (Å²) in [5.74, 6) is 2.03. The maximum absolute atomic E-state index is 12.2. The third-order valence-corrected chi connectivity index (χ3v) is 4.28. The molecule has 1 amide bonds. The summed E-state index contributed by atoms with van der Waals surface area (Å²) in [5.41, 5.74) is 1.15. The van der Waals surface area contributed by atoms with E-state index >= 15 is 0 Å². The molecule has 2 rings (SSSR count). The molecule has 1 aromatic carbocycles. The second-order valence-electron chi connectivity index (χ2n) is 5.91. The molecule has 1 heterocycles. The lowest BCUT2D eigenvalue weighted by Crippen LogP contribution is -2.37. The smallest absolute Gasteiger partial charge is 0.223 e. The SMILES string of the molecule is CCCC[C@@H](CC)C(=O)NC[C@@H]1Cc2cc(OC)ccc2O1. The molecule has 1 N–H and O–H groups in total. The summed E-state index contributed by atoms with van der Waals surface area (Å²) in [7, 11) is 1.66. The van der Waals surface area contributed by atoms with Crippen molar-refractivity contribution in [3.8, 4) is 11.5 Å². The fourth-order valence-corrected chi connectivity index (χ4v) is 2.87. The van der Waals surface area contributed by atoms with Crippen LogP contribution in [0.4, 0.5) is 0 Å². The average Bonchev–Trinajstić information content (AvgIpc) is 2.95. The predicted octanol–water partition coefficient (Wildman–Crippen LogP) is 3.33. The van der Waals surface area contributed by atoms with Crippen LogP contribution in [0.3, 0.4) is 0 Å². The van der Waals surface area contributed by atoms with E-state index < -0.39 is 0 Å². The fourth-order valence-electron chi connectivity index (χ4n) is 2.87. The molecular formula is C18H27NO3. The van der Waals surface area contributed by atoms with Crippen molar-refractivity contribution in [2.24, 2.45) is 5.92 Å². The third-order valence-electron chi connectivity index (χ3n) is 4.28. The molecule has 22 heavy (non-hydrogen) atoms. The van der Waals surface area contributed by atoms with Crippen LogP contribution in [-0.2, 0) is 11.2 Å². The van der Waals surface area contributed by atoms with Crippen molar-refractivity contribution in [3.05, 3.63) is 23.8 Å². The van der Waals surface area contributed by atoms with Gasteiger partial charge in [0.05, 0.1) is 13.7 Å². The highest BCUT2D eigenvalue weighted by Gasteiger charge is 2.25. The van der Waals surface area contributed by atoms with Gasteiger partial charge in [-0.3, -0.25) is 4.79 Å². The van der Waals surface area contributed by atoms with E-state index in [2.05, 4.69) is 19.2 Å². The topological polar surface area (TPSA) is 47.6 Å². The minimum absolute atomic E-state index is 0.0229. The summed E-state index contributed by atoms with van der Waals surface area (Å²) in [6.45, 7) is 4.80. The summed E-state index contributed by atoms with van der Waals surface area (Å²) in [5, 5.41) is 3.05. The Morgan fingerprint density at radius 1 is 1.45 bits per heavy atom. The number of carbonyl (C=O) groups excluding carboxylic acids is 1. The van der Waals surface area contributed by atoms with Crippen molar-refractivity contribution < 1.29 is 14.3 Å². The molecule has 0 saturated carbocycles. The molecule has 0 fully saturated rings. The molecule has 0 saturated heterocycles. The largest absolute Gasteiger partial charge is 0.497 e. The summed E-state index contributed by atoms with van der Waals surface area (Å²) in [6.07, 6.45) is 4.95. The molecule has 1 aromatic rings. The highest BCUT2D eigenvalue weighted by atomic mass is 16.5. The van der Waals surface area contributed by atoms with Gasteiger partial charge in [-0.25, -0.2) is 0 Å². The zero-order valence-electron chi connectivity index (χ0n) is 13.9. The number of rotatable bonds is 8. The van der Waals surface area contributed by atoms with Crippen molar-refractivity contribution in [1.82, 2.24) is 5.32 Å². The molecule has 0 aromatic heterocycles. The second-order valence-corrected chi connectivity index (χ2v) is 5.91. The second kappa shape index (κ2) is 8.06. The molecule has 1 aliphatic heterocycles. The minimum atomic E-state index is 0.0229. The molecule has 0 unspecified atom stereocenters. The van der Waals surface area contributed by atoms with E-state index in [9.17, 15) is 4.79 Å². The zero-order valence-corrected chi connectivity index (χ0v) is 13.9. The van der Waals surface area contributed by atoms with Crippen molar-refractivity contribution in [2.45, 2.75) is 52.1 Å². The third kappa shape index (κ3) is 4.15. The monoisotopic (exact) mass is 305 g/mol. The Kier molecular flexibility index (Phi) is 6.10. The van der Waals surface area contributed by atoms with E-state index in [-0.39, 0.29) is 17.9 Å². The van der Waals surface area contributed by atoms with Crippen molar-refractivity contribution in [1.29, 1.82) is 0 Å². The maximum Gasteiger partial charge on any atom is 0.223 e. The number of unbranched alkanes of at least 4 members (excludes halogenated alkanes) is 1. The molecule has 4 heteroatoms. The lowest BCUT2D eigenvalue weighted by atomic mass is 9.98. The lowest BCUT2D eigenvalue weighted by molar-refractivity contribution is -0.125. The Morgan fingerprint density at radius 3 is 2.95 bits per heavy atom. The first-order chi connectivity index (χ1) is 10.7. The van der Waals surface area contributed by atoms with Gasteiger partial charge in [-0.15, -0.1) is 0 Å². The Balaban J connectivity index is 1.82. The first-order valence-electron chi connectivity index (χ1n) is 8.29. The molecule has 4 nitrogen and oxygen atoms in total. The molecule has 0 aliphatic carbocycles. The number of hydrogen-bond donors (Lipinski definition) is 1. The summed E-state index contributed by atoms with van der Waals surface area (Å²) in [4.78, 5) is 12.2. The molecule has 1 aliphatic rings. The van der Waals surface area contributed by atoms with Crippen LogP contribution in [0.5, 0.6) is 11.5 Å². The van der Waals surface area contributed by atoms with Gasteiger partial charge in [0.2, 0.25) is 5.91 Å². The normalized spacial score (nSPS) is 17.5. The number of fused-ring (bicyclic) bond motifs is 1. The van der Waals surface area contributed by atoms with Crippen molar-refractivity contribution in [3.63, 3.8) is 0 Å². The van der Waals surface area contributed by atoms with E-state index in [4.69, 9.17) is 9.47 Å². The fraction of sp³-hybridized carbons (Fsp3) is 0.611. The molecular weight excluding hydrogens is 278 g/mol. The van der Waals surface area contributed by atoms with E-state index in [1.807, 2.05) is 18.2 Å². The highest BCUT2D eigenvalue weighted by Crippen LogP contribution is 2.31. The first-order valence-corrected chi connectivity index (χ1v) is 8.29. The van der Waals surface area contributed by atoms with Gasteiger partial charge in [-0.1, -0.05) is 26.7 Å². The number of amides is 1. The highest BCUT2D eigenvalue weighted by molar-refractivity contribution is 5.78. The Bertz CT molecular complexity index is 501. The summed E-state index contributed by atoms with van der Waals surface area (Å²) >= 11 is 0. The number of ether oxygens (including phenoxy) is 2. The van der Waals surface area contributed by atoms with E-state index in [0.29, 0.717) is 6.54 Å². The molecule has 0 bridgehead atoms. The number of methoxy groups -OCH3 is 1. The van der Waals surface area contributed by atoms with Crippen LogP contribution in [0.2, 0.25) is 0 Å². The van der Waals surface area contributed by atoms with Crippen LogP contribution < -0.4 is 14.8 Å². The van der Waals surface area contributed by atoms with Crippen molar-refractivity contribution >= 4 is 5.91 Å². The van der Waals surface area contributed by atoms with E-state index in [1.165, 1.54) is 0 Å².